The molecular weight excluding hydrogens is 456 g/mol. The lowest BCUT2D eigenvalue weighted by Crippen LogP contribution is -2.33. The number of hydrogen-bond acceptors (Lipinski definition) is 0. The smallest absolute Gasteiger partial charge is 0.0622 e. The Hall–Kier alpha value is -4.68. The summed E-state index contributed by atoms with van der Waals surface area (Å²) in [6, 6.07) is 63.3. The zero-order valence-electron chi connectivity index (χ0n) is 21.2. The fraction of sp³-hybridized carbons (Fsp3) is 0.0263. The van der Waals surface area contributed by atoms with Gasteiger partial charge in [-0.1, -0.05) is 176 Å². The molecule has 0 aliphatic rings. The Bertz CT molecular complexity index is 1440. The second-order valence-corrected chi connectivity index (χ2v) is 9.50. The Morgan fingerprint density at radius 1 is 0.316 bits per heavy atom. The molecule has 1 radical (unpaired) electrons. The SMILES string of the molecule is c1ccc([C](c2ccccc2)c2ccccc2C(c2ccccc2)(c2ccccc2)c2ccccc2)cc1. The van der Waals surface area contributed by atoms with Crippen molar-refractivity contribution in [1.29, 1.82) is 0 Å². The second kappa shape index (κ2) is 10.7. The zero-order chi connectivity index (χ0) is 25.6. The number of rotatable bonds is 7. The molecular formula is C38H29. The maximum atomic E-state index is 2.31. The van der Waals surface area contributed by atoms with E-state index in [9.17, 15) is 0 Å². The average Bonchev–Trinajstić information content (AvgIpc) is 3.01. The van der Waals surface area contributed by atoms with Crippen molar-refractivity contribution in [3.05, 3.63) is 221 Å². The monoisotopic (exact) mass is 485 g/mol. The summed E-state index contributed by atoms with van der Waals surface area (Å²) in [4.78, 5) is 0. The van der Waals surface area contributed by atoms with E-state index < -0.39 is 5.41 Å². The summed E-state index contributed by atoms with van der Waals surface area (Å²) in [5, 5.41) is 0. The molecule has 38 heavy (non-hydrogen) atoms. The third kappa shape index (κ3) is 4.25. The quantitative estimate of drug-likeness (QED) is 0.198. The van der Waals surface area contributed by atoms with Crippen molar-refractivity contribution in [3.63, 3.8) is 0 Å². The van der Waals surface area contributed by atoms with E-state index in [-0.39, 0.29) is 0 Å². The Kier molecular flexibility index (Phi) is 6.70. The molecule has 0 atom stereocenters. The van der Waals surface area contributed by atoms with Gasteiger partial charge in [-0.05, 0) is 38.9 Å². The lowest BCUT2D eigenvalue weighted by Gasteiger charge is -2.39. The number of benzene rings is 6. The van der Waals surface area contributed by atoms with Gasteiger partial charge in [0.1, 0.15) is 0 Å². The van der Waals surface area contributed by atoms with E-state index in [1.807, 2.05) is 0 Å². The fourth-order valence-corrected chi connectivity index (χ4v) is 5.75. The van der Waals surface area contributed by atoms with E-state index >= 15 is 0 Å². The molecule has 0 saturated heterocycles. The first-order valence-electron chi connectivity index (χ1n) is 13.1. The van der Waals surface area contributed by atoms with Crippen LogP contribution in [0.15, 0.2) is 176 Å². The van der Waals surface area contributed by atoms with Crippen LogP contribution >= 0.6 is 0 Å². The van der Waals surface area contributed by atoms with Crippen molar-refractivity contribution >= 4 is 0 Å². The van der Waals surface area contributed by atoms with Crippen LogP contribution in [0, 0.1) is 5.92 Å². The van der Waals surface area contributed by atoms with Gasteiger partial charge in [-0.15, -0.1) is 0 Å². The largest absolute Gasteiger partial charge is 0.0704 e. The molecule has 0 unspecified atom stereocenters. The van der Waals surface area contributed by atoms with Crippen LogP contribution in [0.4, 0.5) is 0 Å². The molecule has 181 valence electrons. The lowest BCUT2D eigenvalue weighted by atomic mass is 9.62. The van der Waals surface area contributed by atoms with Gasteiger partial charge in [0.25, 0.3) is 0 Å². The van der Waals surface area contributed by atoms with Gasteiger partial charge >= 0.3 is 0 Å². The maximum Gasteiger partial charge on any atom is 0.0704 e. The van der Waals surface area contributed by atoms with E-state index in [1.54, 1.807) is 0 Å². The summed E-state index contributed by atoms with van der Waals surface area (Å²) in [6.45, 7) is 0. The summed E-state index contributed by atoms with van der Waals surface area (Å²) in [5.74, 6) is 1.23. The minimum absolute atomic E-state index is 0.519. The molecule has 6 aromatic carbocycles. The topological polar surface area (TPSA) is 0 Å². The van der Waals surface area contributed by atoms with E-state index in [4.69, 9.17) is 0 Å². The molecule has 0 aliphatic heterocycles. The van der Waals surface area contributed by atoms with E-state index in [0.29, 0.717) is 0 Å². The Morgan fingerprint density at radius 2 is 0.632 bits per heavy atom. The summed E-state index contributed by atoms with van der Waals surface area (Å²) in [5.41, 5.74) is 8.09. The summed E-state index contributed by atoms with van der Waals surface area (Å²) in [6.07, 6.45) is 0. The van der Waals surface area contributed by atoms with Crippen LogP contribution in [0.5, 0.6) is 0 Å². The van der Waals surface area contributed by atoms with Crippen LogP contribution in [0.25, 0.3) is 0 Å². The van der Waals surface area contributed by atoms with Crippen molar-refractivity contribution in [2.75, 3.05) is 0 Å². The van der Waals surface area contributed by atoms with Crippen LogP contribution in [-0.2, 0) is 5.41 Å². The minimum Gasteiger partial charge on any atom is -0.0622 e. The predicted octanol–water partition coefficient (Wildman–Crippen LogP) is 9.09. The highest BCUT2D eigenvalue weighted by atomic mass is 14.4. The predicted molar refractivity (Wildman–Crippen MR) is 158 cm³/mol. The number of hydrogen-bond donors (Lipinski definition) is 0. The van der Waals surface area contributed by atoms with E-state index in [0.717, 1.165) is 0 Å². The van der Waals surface area contributed by atoms with Crippen LogP contribution in [0.3, 0.4) is 0 Å². The fourth-order valence-electron chi connectivity index (χ4n) is 5.75. The van der Waals surface area contributed by atoms with Crippen molar-refractivity contribution in [3.8, 4) is 0 Å². The Balaban J connectivity index is 1.74. The third-order valence-corrected chi connectivity index (χ3v) is 7.35. The maximum absolute atomic E-state index is 2.31. The summed E-state index contributed by atoms with van der Waals surface area (Å²) < 4.78 is 0. The van der Waals surface area contributed by atoms with E-state index in [1.165, 1.54) is 44.9 Å². The van der Waals surface area contributed by atoms with Gasteiger partial charge in [0.2, 0.25) is 0 Å². The molecule has 0 spiro atoms. The third-order valence-electron chi connectivity index (χ3n) is 7.35. The molecule has 0 nitrogen and oxygen atoms in total. The first-order valence-corrected chi connectivity index (χ1v) is 13.1. The highest BCUT2D eigenvalue weighted by Gasteiger charge is 2.41. The van der Waals surface area contributed by atoms with Gasteiger partial charge in [-0.2, -0.15) is 0 Å². The Morgan fingerprint density at radius 3 is 1.03 bits per heavy atom. The van der Waals surface area contributed by atoms with Crippen LogP contribution in [0.1, 0.15) is 38.9 Å². The van der Waals surface area contributed by atoms with Crippen molar-refractivity contribution in [1.82, 2.24) is 0 Å². The van der Waals surface area contributed by atoms with Gasteiger partial charge in [0.15, 0.2) is 0 Å². The Labute approximate surface area is 225 Å². The van der Waals surface area contributed by atoms with Crippen LogP contribution in [-0.4, -0.2) is 0 Å². The van der Waals surface area contributed by atoms with Gasteiger partial charge in [-0.3, -0.25) is 0 Å². The molecule has 0 heterocycles. The normalized spacial score (nSPS) is 11.4. The standard InChI is InChI=1S/C38H29/c1-6-18-30(19-7-1)37(31-20-8-2-9-21-31)35-28-16-17-29-36(35)38(32-22-10-3-11-23-32,33-24-12-4-13-25-33)34-26-14-5-15-27-34/h1-29H. The molecule has 0 saturated carbocycles. The van der Waals surface area contributed by atoms with Crippen LogP contribution < -0.4 is 0 Å². The molecule has 0 amide bonds. The molecule has 0 fully saturated rings. The summed E-state index contributed by atoms with van der Waals surface area (Å²) in [7, 11) is 0. The van der Waals surface area contributed by atoms with Gasteiger partial charge in [0, 0.05) is 0 Å². The van der Waals surface area contributed by atoms with Crippen molar-refractivity contribution in [2.24, 2.45) is 0 Å². The second-order valence-electron chi connectivity index (χ2n) is 9.50. The first kappa shape index (κ1) is 23.7. The van der Waals surface area contributed by atoms with Crippen molar-refractivity contribution < 1.29 is 0 Å². The molecule has 6 rings (SSSR count). The van der Waals surface area contributed by atoms with Gasteiger partial charge in [0.05, 0.1) is 11.3 Å². The highest BCUT2D eigenvalue weighted by molar-refractivity contribution is 5.68. The molecule has 0 aromatic heterocycles. The lowest BCUT2D eigenvalue weighted by molar-refractivity contribution is 0.737. The molecule has 0 bridgehead atoms. The van der Waals surface area contributed by atoms with Gasteiger partial charge < -0.3 is 0 Å². The minimum atomic E-state index is -0.519. The van der Waals surface area contributed by atoms with Gasteiger partial charge in [-0.25, -0.2) is 0 Å². The van der Waals surface area contributed by atoms with Crippen LogP contribution in [0.2, 0.25) is 0 Å². The molecule has 0 heteroatoms. The average molecular weight is 486 g/mol. The van der Waals surface area contributed by atoms with E-state index in [2.05, 4.69) is 176 Å². The molecule has 0 aliphatic carbocycles. The highest BCUT2D eigenvalue weighted by Crippen LogP contribution is 2.48. The first-order chi connectivity index (χ1) is 18.9. The molecule has 6 aromatic rings. The zero-order valence-corrected chi connectivity index (χ0v) is 21.2. The van der Waals surface area contributed by atoms with Crippen molar-refractivity contribution in [2.45, 2.75) is 5.41 Å². The molecule has 0 N–H and O–H groups in total. The summed E-state index contributed by atoms with van der Waals surface area (Å²) >= 11 is 0.